The summed E-state index contributed by atoms with van der Waals surface area (Å²) in [6, 6.07) is 6.16. The fourth-order valence-corrected chi connectivity index (χ4v) is 3.18. The summed E-state index contributed by atoms with van der Waals surface area (Å²) in [5.74, 6) is 1.10. The summed E-state index contributed by atoms with van der Waals surface area (Å²) in [6.45, 7) is 7.24. The Morgan fingerprint density at radius 1 is 1.43 bits per heavy atom. The lowest BCUT2D eigenvalue weighted by atomic mass is 10.0. The molecule has 1 fully saturated rings. The van der Waals surface area contributed by atoms with Gasteiger partial charge in [0.1, 0.15) is 6.04 Å². The molecule has 1 aliphatic heterocycles. The molecule has 1 aromatic rings. The summed E-state index contributed by atoms with van der Waals surface area (Å²) in [7, 11) is 3.67. The molecular formula is C17H24ClN3O2. The van der Waals surface area contributed by atoms with Crippen molar-refractivity contribution < 1.29 is 9.47 Å². The van der Waals surface area contributed by atoms with Crippen LogP contribution in [0.1, 0.15) is 25.5 Å². The Morgan fingerprint density at radius 3 is 2.74 bits per heavy atom. The number of nitriles is 1. The van der Waals surface area contributed by atoms with Crippen molar-refractivity contribution in [1.82, 2.24) is 9.80 Å². The standard InChI is InChI=1S/C17H24ClN3O2/c1-5-23-16-9-13(8-14(18)17(16)22-4)15(10-19)21-7-6-20(3)12(2)11-21/h8-9,12,15H,5-7,11H2,1-4H3. The van der Waals surface area contributed by atoms with Crippen molar-refractivity contribution in [1.29, 1.82) is 5.26 Å². The molecule has 0 aliphatic carbocycles. The highest BCUT2D eigenvalue weighted by Gasteiger charge is 2.28. The first-order valence-electron chi connectivity index (χ1n) is 7.85. The molecule has 5 nitrogen and oxygen atoms in total. The molecule has 2 atom stereocenters. The van der Waals surface area contributed by atoms with E-state index in [0.29, 0.717) is 29.2 Å². The highest BCUT2D eigenvalue weighted by molar-refractivity contribution is 6.32. The Hall–Kier alpha value is -1.48. The van der Waals surface area contributed by atoms with Crippen molar-refractivity contribution in [3.8, 4) is 17.6 Å². The second-order valence-electron chi connectivity index (χ2n) is 5.82. The first-order chi connectivity index (χ1) is 11.0. The van der Waals surface area contributed by atoms with E-state index in [0.717, 1.165) is 25.2 Å². The van der Waals surface area contributed by atoms with Crippen LogP contribution in [-0.4, -0.2) is 56.2 Å². The molecule has 0 amide bonds. The number of ether oxygens (including phenoxy) is 2. The Morgan fingerprint density at radius 2 is 2.17 bits per heavy atom. The zero-order valence-corrected chi connectivity index (χ0v) is 14.9. The van der Waals surface area contributed by atoms with Gasteiger partial charge in [-0.25, -0.2) is 0 Å². The third-order valence-electron chi connectivity index (χ3n) is 4.33. The minimum Gasteiger partial charge on any atom is -0.491 e. The predicted octanol–water partition coefficient (Wildman–Crippen LogP) is 2.95. The summed E-state index contributed by atoms with van der Waals surface area (Å²) >= 11 is 6.32. The molecule has 2 unspecified atom stereocenters. The Kier molecular flexibility index (Phi) is 6.11. The van der Waals surface area contributed by atoms with Crippen LogP contribution in [-0.2, 0) is 0 Å². The molecule has 1 aliphatic rings. The van der Waals surface area contributed by atoms with Gasteiger partial charge >= 0.3 is 0 Å². The maximum Gasteiger partial charge on any atom is 0.179 e. The van der Waals surface area contributed by atoms with Crippen LogP contribution in [0.2, 0.25) is 5.02 Å². The molecule has 126 valence electrons. The average molecular weight is 338 g/mol. The second kappa shape index (κ2) is 7.87. The zero-order valence-electron chi connectivity index (χ0n) is 14.2. The summed E-state index contributed by atoms with van der Waals surface area (Å²) in [5, 5.41) is 10.2. The number of nitrogens with zero attached hydrogens (tertiary/aromatic N) is 3. The first kappa shape index (κ1) is 17.9. The van der Waals surface area contributed by atoms with Crippen LogP contribution in [0.15, 0.2) is 12.1 Å². The number of hydrogen-bond donors (Lipinski definition) is 0. The number of rotatable bonds is 5. The van der Waals surface area contributed by atoms with Crippen molar-refractivity contribution in [3.63, 3.8) is 0 Å². The van der Waals surface area contributed by atoms with E-state index in [1.54, 1.807) is 13.2 Å². The van der Waals surface area contributed by atoms with Crippen molar-refractivity contribution >= 4 is 11.6 Å². The molecule has 0 spiro atoms. The van der Waals surface area contributed by atoms with E-state index in [1.807, 2.05) is 13.0 Å². The largest absolute Gasteiger partial charge is 0.491 e. The Bertz CT molecular complexity index is 588. The summed E-state index contributed by atoms with van der Waals surface area (Å²) in [5.41, 5.74) is 0.846. The van der Waals surface area contributed by atoms with Gasteiger partial charge in [-0.1, -0.05) is 11.6 Å². The molecule has 0 radical (unpaired) electrons. The quantitative estimate of drug-likeness (QED) is 0.826. The van der Waals surface area contributed by atoms with E-state index in [2.05, 4.69) is 29.8 Å². The minimum atomic E-state index is -0.339. The lowest BCUT2D eigenvalue weighted by Gasteiger charge is -2.39. The number of hydrogen-bond acceptors (Lipinski definition) is 5. The molecule has 23 heavy (non-hydrogen) atoms. The topological polar surface area (TPSA) is 48.7 Å². The van der Waals surface area contributed by atoms with Crippen LogP contribution in [0.3, 0.4) is 0 Å². The van der Waals surface area contributed by atoms with Crippen LogP contribution in [0.4, 0.5) is 0 Å². The summed E-state index contributed by atoms with van der Waals surface area (Å²) in [6.07, 6.45) is 0. The lowest BCUT2D eigenvalue weighted by molar-refractivity contribution is 0.0880. The number of methoxy groups -OCH3 is 1. The van der Waals surface area contributed by atoms with E-state index < -0.39 is 0 Å². The Balaban J connectivity index is 2.33. The second-order valence-corrected chi connectivity index (χ2v) is 6.23. The molecule has 0 saturated carbocycles. The SMILES string of the molecule is CCOc1cc(C(C#N)N2CCN(C)C(C)C2)cc(Cl)c1OC. The van der Waals surface area contributed by atoms with Gasteiger partial charge in [0.15, 0.2) is 11.5 Å². The lowest BCUT2D eigenvalue weighted by Crippen LogP contribution is -2.50. The average Bonchev–Trinajstić information content (AvgIpc) is 2.52. The van der Waals surface area contributed by atoms with Crippen molar-refractivity contribution in [2.45, 2.75) is 25.9 Å². The van der Waals surface area contributed by atoms with Gasteiger partial charge in [-0.05, 0) is 38.6 Å². The van der Waals surface area contributed by atoms with E-state index in [9.17, 15) is 5.26 Å². The normalized spacial score (nSPS) is 20.8. The van der Waals surface area contributed by atoms with E-state index in [-0.39, 0.29) is 6.04 Å². The fraction of sp³-hybridized carbons (Fsp3) is 0.588. The van der Waals surface area contributed by atoms with Gasteiger partial charge in [-0.3, -0.25) is 4.90 Å². The zero-order chi connectivity index (χ0) is 17.0. The van der Waals surface area contributed by atoms with Gasteiger partial charge in [-0.2, -0.15) is 5.26 Å². The predicted molar refractivity (Wildman–Crippen MR) is 91.2 cm³/mol. The maximum absolute atomic E-state index is 9.70. The molecule has 6 heteroatoms. The fourth-order valence-electron chi connectivity index (χ4n) is 2.88. The highest BCUT2D eigenvalue weighted by atomic mass is 35.5. The van der Waals surface area contributed by atoms with Crippen LogP contribution in [0.25, 0.3) is 0 Å². The summed E-state index contributed by atoms with van der Waals surface area (Å²) in [4.78, 5) is 4.50. The van der Waals surface area contributed by atoms with Gasteiger partial charge < -0.3 is 14.4 Å². The van der Waals surface area contributed by atoms with E-state index in [4.69, 9.17) is 21.1 Å². The van der Waals surface area contributed by atoms with Crippen molar-refractivity contribution in [2.75, 3.05) is 40.4 Å². The summed E-state index contributed by atoms with van der Waals surface area (Å²) < 4.78 is 10.9. The Labute approximate surface area is 143 Å². The van der Waals surface area contributed by atoms with Gasteiger partial charge in [-0.15, -0.1) is 0 Å². The third kappa shape index (κ3) is 3.89. The van der Waals surface area contributed by atoms with Crippen LogP contribution < -0.4 is 9.47 Å². The molecule has 0 bridgehead atoms. The molecule has 2 rings (SSSR count). The molecule has 1 heterocycles. The van der Waals surface area contributed by atoms with E-state index >= 15 is 0 Å². The molecule has 1 saturated heterocycles. The first-order valence-corrected chi connectivity index (χ1v) is 8.23. The van der Waals surface area contributed by atoms with Crippen LogP contribution >= 0.6 is 11.6 Å². The van der Waals surface area contributed by atoms with Gasteiger partial charge in [0.05, 0.1) is 24.8 Å². The molecule has 0 N–H and O–H groups in total. The number of benzene rings is 1. The molecular weight excluding hydrogens is 314 g/mol. The molecule has 1 aromatic carbocycles. The number of likely N-dealkylation sites (N-methyl/N-ethyl adjacent to an activating group) is 1. The minimum absolute atomic E-state index is 0.339. The third-order valence-corrected chi connectivity index (χ3v) is 4.61. The molecule has 0 aromatic heterocycles. The smallest absolute Gasteiger partial charge is 0.179 e. The van der Waals surface area contributed by atoms with Crippen molar-refractivity contribution in [2.24, 2.45) is 0 Å². The van der Waals surface area contributed by atoms with Crippen molar-refractivity contribution in [3.05, 3.63) is 22.7 Å². The van der Waals surface area contributed by atoms with Gasteiger partial charge in [0, 0.05) is 25.7 Å². The van der Waals surface area contributed by atoms with E-state index in [1.165, 1.54) is 0 Å². The maximum atomic E-state index is 9.70. The van der Waals surface area contributed by atoms with Crippen LogP contribution in [0.5, 0.6) is 11.5 Å². The number of piperazine rings is 1. The van der Waals surface area contributed by atoms with Gasteiger partial charge in [0.25, 0.3) is 0 Å². The highest BCUT2D eigenvalue weighted by Crippen LogP contribution is 2.39. The monoisotopic (exact) mass is 337 g/mol. The van der Waals surface area contributed by atoms with Crippen LogP contribution in [0, 0.1) is 11.3 Å². The van der Waals surface area contributed by atoms with Gasteiger partial charge in [0.2, 0.25) is 0 Å². The number of halogens is 1.